The van der Waals surface area contributed by atoms with Gasteiger partial charge in [0.25, 0.3) is 0 Å². The Balaban J connectivity index is 0. The predicted octanol–water partition coefficient (Wildman–Crippen LogP) is -5.67. The third kappa shape index (κ3) is 6.43. The number of aliphatic carboxylic acids is 2. The van der Waals surface area contributed by atoms with Crippen LogP contribution in [0.5, 0.6) is 0 Å². The van der Waals surface area contributed by atoms with Crippen molar-refractivity contribution in [2.24, 2.45) is 11.8 Å². The average molecular weight is 308 g/mol. The van der Waals surface area contributed by atoms with E-state index in [1.165, 1.54) is 0 Å². The Hall–Kier alpha value is 0.160. The second-order valence-electron chi connectivity index (χ2n) is 4.60. The Labute approximate surface area is 169 Å². The van der Waals surface area contributed by atoms with E-state index in [-0.39, 0.29) is 71.5 Å². The fourth-order valence-electron chi connectivity index (χ4n) is 2.57. The van der Waals surface area contributed by atoms with Gasteiger partial charge in [-0.2, -0.15) is 0 Å². The van der Waals surface area contributed by atoms with Gasteiger partial charge in [0, 0.05) is 23.8 Å². The zero-order valence-electron chi connectivity index (χ0n) is 13.2. The molecule has 0 N–H and O–H groups in total. The molecule has 0 aliphatic heterocycles. The second-order valence-corrected chi connectivity index (χ2v) is 4.60. The molecule has 0 aromatic heterocycles. The summed E-state index contributed by atoms with van der Waals surface area (Å²) in [6.07, 6.45) is 0.747. The molecule has 104 valence electrons. The van der Waals surface area contributed by atoms with Gasteiger partial charge in [0.05, 0.1) is 0 Å². The van der Waals surface area contributed by atoms with E-state index < -0.39 is 23.8 Å². The van der Waals surface area contributed by atoms with Gasteiger partial charge in [0.2, 0.25) is 0 Å². The molecular weight excluding hydrogens is 290 g/mol. The molecule has 0 spiro atoms. The van der Waals surface area contributed by atoms with Crippen molar-refractivity contribution in [3.63, 3.8) is 0 Å². The summed E-state index contributed by atoms with van der Waals surface area (Å²) in [6.45, 7) is 3.49. The van der Waals surface area contributed by atoms with Gasteiger partial charge >= 0.3 is 59.1 Å². The van der Waals surface area contributed by atoms with E-state index in [2.05, 4.69) is 0 Å². The van der Waals surface area contributed by atoms with Crippen molar-refractivity contribution in [2.45, 2.75) is 32.6 Å². The molecule has 0 bridgehead atoms. The molecule has 3 atom stereocenters. The zero-order chi connectivity index (χ0) is 14.4. The van der Waals surface area contributed by atoms with Crippen molar-refractivity contribution in [2.75, 3.05) is 0 Å². The van der Waals surface area contributed by atoms with Crippen LogP contribution in [-0.4, -0.2) is 11.9 Å². The Kier molecular flexibility index (Phi) is 13.0. The van der Waals surface area contributed by atoms with E-state index in [1.807, 2.05) is 37.3 Å². The SMILES string of the molecule is CCC(C(=O)[O-])C(C(=O)[O-])C(CC)c1ccccc1.[Na+].[Na+]. The fourth-order valence-corrected chi connectivity index (χ4v) is 2.57. The molecule has 21 heavy (non-hydrogen) atoms. The van der Waals surface area contributed by atoms with Crippen LogP contribution >= 0.6 is 0 Å². The molecule has 3 unspecified atom stereocenters. The van der Waals surface area contributed by atoms with Crippen LogP contribution in [0.25, 0.3) is 0 Å². The fraction of sp³-hybridized carbons (Fsp3) is 0.467. The predicted molar refractivity (Wildman–Crippen MR) is 66.8 cm³/mol. The largest absolute Gasteiger partial charge is 1.00 e. The molecule has 0 heterocycles. The monoisotopic (exact) mass is 308 g/mol. The summed E-state index contributed by atoms with van der Waals surface area (Å²) in [7, 11) is 0. The number of carboxylic acid groups (broad SMARTS) is 2. The maximum Gasteiger partial charge on any atom is 1.00 e. The molecule has 6 heteroatoms. The summed E-state index contributed by atoms with van der Waals surface area (Å²) in [5, 5.41) is 22.5. The maximum atomic E-state index is 11.4. The molecular formula is C15H18Na2O4. The smallest absolute Gasteiger partial charge is 0.550 e. The van der Waals surface area contributed by atoms with Crippen LogP contribution in [0.3, 0.4) is 0 Å². The molecule has 0 aliphatic carbocycles. The van der Waals surface area contributed by atoms with Gasteiger partial charge in [0.1, 0.15) is 0 Å². The maximum absolute atomic E-state index is 11.4. The number of carbonyl (C=O) groups is 2. The third-order valence-corrected chi connectivity index (χ3v) is 3.55. The molecule has 0 aliphatic rings. The quantitative estimate of drug-likeness (QED) is 0.470. The van der Waals surface area contributed by atoms with E-state index in [9.17, 15) is 19.8 Å². The molecule has 0 amide bonds. The summed E-state index contributed by atoms with van der Waals surface area (Å²) in [6, 6.07) is 9.08. The van der Waals surface area contributed by atoms with Crippen LogP contribution in [0.1, 0.15) is 38.2 Å². The van der Waals surface area contributed by atoms with Gasteiger partial charge in [-0.05, 0) is 24.3 Å². The summed E-state index contributed by atoms with van der Waals surface area (Å²) >= 11 is 0. The van der Waals surface area contributed by atoms with Crippen molar-refractivity contribution in [3.8, 4) is 0 Å². The van der Waals surface area contributed by atoms with E-state index in [4.69, 9.17) is 0 Å². The molecule has 0 saturated carbocycles. The van der Waals surface area contributed by atoms with Crippen LogP contribution in [0, 0.1) is 11.8 Å². The van der Waals surface area contributed by atoms with Gasteiger partial charge in [-0.25, -0.2) is 0 Å². The molecule has 0 saturated heterocycles. The summed E-state index contributed by atoms with van der Waals surface area (Å²) in [5.74, 6) is -5.13. The van der Waals surface area contributed by atoms with Crippen molar-refractivity contribution >= 4 is 11.9 Å². The molecule has 0 fully saturated rings. The van der Waals surface area contributed by atoms with Crippen molar-refractivity contribution < 1.29 is 78.9 Å². The first-order valence-electron chi connectivity index (χ1n) is 6.49. The first-order chi connectivity index (χ1) is 9.02. The number of hydrogen-bond acceptors (Lipinski definition) is 4. The topological polar surface area (TPSA) is 80.3 Å². The van der Waals surface area contributed by atoms with E-state index >= 15 is 0 Å². The van der Waals surface area contributed by atoms with Crippen LogP contribution in [-0.2, 0) is 9.59 Å². The number of benzene rings is 1. The van der Waals surface area contributed by atoms with Crippen LogP contribution in [0.4, 0.5) is 0 Å². The normalized spacial score (nSPS) is 14.0. The minimum atomic E-state index is -1.33. The Morgan fingerprint density at radius 1 is 0.952 bits per heavy atom. The van der Waals surface area contributed by atoms with Crippen molar-refractivity contribution in [1.82, 2.24) is 0 Å². The van der Waals surface area contributed by atoms with Gasteiger partial charge in [0.15, 0.2) is 0 Å². The second kappa shape index (κ2) is 11.7. The summed E-state index contributed by atoms with van der Waals surface area (Å²) < 4.78 is 0. The van der Waals surface area contributed by atoms with Gasteiger partial charge < -0.3 is 19.8 Å². The van der Waals surface area contributed by atoms with Gasteiger partial charge in [-0.15, -0.1) is 0 Å². The van der Waals surface area contributed by atoms with E-state index in [1.54, 1.807) is 6.92 Å². The minimum absolute atomic E-state index is 0. The Morgan fingerprint density at radius 3 is 1.81 bits per heavy atom. The van der Waals surface area contributed by atoms with Gasteiger partial charge in [-0.1, -0.05) is 44.2 Å². The molecule has 1 rings (SSSR count). The number of hydrogen-bond donors (Lipinski definition) is 0. The first kappa shape index (κ1) is 23.4. The van der Waals surface area contributed by atoms with Gasteiger partial charge in [-0.3, -0.25) is 0 Å². The third-order valence-electron chi connectivity index (χ3n) is 3.55. The van der Waals surface area contributed by atoms with E-state index in [0.717, 1.165) is 5.56 Å². The Bertz CT molecular complexity index is 437. The summed E-state index contributed by atoms with van der Waals surface area (Å²) in [5.41, 5.74) is 0.818. The van der Waals surface area contributed by atoms with Crippen molar-refractivity contribution in [1.29, 1.82) is 0 Å². The zero-order valence-corrected chi connectivity index (χ0v) is 17.2. The summed E-state index contributed by atoms with van der Waals surface area (Å²) in [4.78, 5) is 22.5. The average Bonchev–Trinajstić information content (AvgIpc) is 2.39. The number of rotatable bonds is 7. The minimum Gasteiger partial charge on any atom is -0.550 e. The van der Waals surface area contributed by atoms with Crippen molar-refractivity contribution in [3.05, 3.63) is 35.9 Å². The number of carboxylic acids is 2. The Morgan fingerprint density at radius 2 is 1.48 bits per heavy atom. The van der Waals surface area contributed by atoms with Crippen LogP contribution in [0.2, 0.25) is 0 Å². The molecule has 4 nitrogen and oxygen atoms in total. The molecule has 0 radical (unpaired) electrons. The molecule has 1 aromatic carbocycles. The first-order valence-corrected chi connectivity index (χ1v) is 6.49. The number of carbonyl (C=O) groups excluding carboxylic acids is 2. The van der Waals surface area contributed by atoms with E-state index in [0.29, 0.717) is 6.42 Å². The molecule has 1 aromatic rings. The van der Waals surface area contributed by atoms with Crippen LogP contribution in [0.15, 0.2) is 30.3 Å². The van der Waals surface area contributed by atoms with Crippen LogP contribution < -0.4 is 69.3 Å². The standard InChI is InChI=1S/C15H20O4.2Na/c1-3-11(10-8-6-5-7-9-10)13(15(18)19)12(4-2)14(16)17;;/h5-9,11-13H,3-4H2,1-2H3,(H,16,17)(H,18,19);;/q;2*+1/p-2.